The molecule has 3 aromatic carbocycles. The van der Waals surface area contributed by atoms with Crippen molar-refractivity contribution < 1.29 is 20.1 Å². The zero-order chi connectivity index (χ0) is 59.5. The number of aliphatic hydroxyl groups excluding tert-OH is 2. The second-order valence-corrected chi connectivity index (χ2v) is 32.6. The van der Waals surface area contributed by atoms with Crippen molar-refractivity contribution in [3.05, 3.63) is 170 Å². The van der Waals surface area contributed by atoms with Crippen LogP contribution in [0, 0.1) is 99.1 Å². The molecule has 458 valence electrons. The number of fused-ring (bicyclic) bond motifs is 1. The highest BCUT2D eigenvalue weighted by Gasteiger charge is 2.81. The van der Waals surface area contributed by atoms with Crippen molar-refractivity contribution in [3.63, 3.8) is 0 Å². The number of nitrogens with one attached hydrogen (secondary N) is 2. The van der Waals surface area contributed by atoms with Crippen molar-refractivity contribution >= 4 is 23.2 Å². The topological polar surface area (TPSA) is 102 Å². The Hall–Kier alpha value is -5.17. The van der Waals surface area contributed by atoms with Gasteiger partial charge >= 0.3 is 5.97 Å². The number of hydrogen-bond acceptors (Lipinski definition) is 5. The van der Waals surface area contributed by atoms with Gasteiger partial charge in [-0.05, 0) is 251 Å². The molecule has 15 bridgehead atoms. The molecule has 20 rings (SSSR count). The minimum Gasteiger partial charge on any atom is -0.481 e. The van der Waals surface area contributed by atoms with E-state index in [1.54, 1.807) is 11.1 Å². The lowest BCUT2D eigenvalue weighted by atomic mass is 9.27. The zero-order valence-corrected chi connectivity index (χ0v) is 53.1. The molecular weight excluding hydrogens is 1060 g/mol. The van der Waals surface area contributed by atoms with Gasteiger partial charge in [-0.15, -0.1) is 0 Å². The molecule has 11 aliphatic carbocycles. The zero-order valence-electron chi connectivity index (χ0n) is 53.1. The van der Waals surface area contributed by atoms with Crippen molar-refractivity contribution in [1.29, 1.82) is 0 Å². The number of aliphatic carboxylic acids is 1. The van der Waals surface area contributed by atoms with Crippen molar-refractivity contribution in [2.45, 2.75) is 200 Å². The number of aliphatic hydroxyl groups is 2. The summed E-state index contributed by atoms with van der Waals surface area (Å²) in [5.41, 5.74) is 14.3. The Morgan fingerprint density at radius 2 is 1.64 bits per heavy atom. The van der Waals surface area contributed by atoms with Gasteiger partial charge in [-0.25, -0.2) is 0 Å². The highest BCUT2D eigenvalue weighted by atomic mass is 16.4. The van der Waals surface area contributed by atoms with E-state index in [9.17, 15) is 20.1 Å². The van der Waals surface area contributed by atoms with E-state index in [-0.39, 0.29) is 56.2 Å². The number of hydrogen-bond donors (Lipinski definition) is 5. The third kappa shape index (κ3) is 8.38. The van der Waals surface area contributed by atoms with Crippen molar-refractivity contribution in [2.75, 3.05) is 13.1 Å². The first-order valence-corrected chi connectivity index (χ1v) is 35.3. The van der Waals surface area contributed by atoms with Crippen LogP contribution in [0.2, 0.25) is 0 Å². The summed E-state index contributed by atoms with van der Waals surface area (Å²) in [5, 5.41) is 49.1. The van der Waals surface area contributed by atoms with Gasteiger partial charge in [-0.2, -0.15) is 0 Å². The Bertz CT molecular complexity index is 3630. The molecule has 0 unspecified atom stereocenters. The molecule has 17 aliphatic rings. The van der Waals surface area contributed by atoms with E-state index in [0.29, 0.717) is 37.0 Å². The lowest BCUT2D eigenvalue weighted by molar-refractivity contribution is -0.191. The van der Waals surface area contributed by atoms with E-state index >= 15 is 0 Å². The normalized spacial score (nSPS) is 41.9. The van der Waals surface area contributed by atoms with Crippen molar-refractivity contribution in [3.8, 4) is 0 Å². The molecule has 0 saturated heterocycles. The number of allylic oxidation sites excluding steroid dienone is 9. The average Bonchev–Trinajstić information content (AvgIpc) is 1.62. The number of carbonyl (C=O) groups is 1. The van der Waals surface area contributed by atoms with Crippen LogP contribution in [0.25, 0.3) is 17.2 Å². The van der Waals surface area contributed by atoms with Gasteiger partial charge in [0.1, 0.15) is 0 Å². The molecule has 87 heavy (non-hydrogen) atoms. The van der Waals surface area contributed by atoms with Crippen LogP contribution in [0.5, 0.6) is 0 Å². The first-order valence-electron chi connectivity index (χ1n) is 35.3. The van der Waals surface area contributed by atoms with Crippen LogP contribution in [0.4, 0.5) is 0 Å². The predicted molar refractivity (Wildman–Crippen MR) is 351 cm³/mol. The number of rotatable bonds is 4. The lowest BCUT2D eigenvalue weighted by Crippen LogP contribution is -2.70. The highest BCUT2D eigenvalue weighted by molar-refractivity contribution is 5.78. The monoisotopic (exact) mass is 1160 g/mol. The molecule has 6 heteroatoms. The van der Waals surface area contributed by atoms with Gasteiger partial charge in [-0.3, -0.25) is 4.79 Å². The third-order valence-electron chi connectivity index (χ3n) is 28.6. The first-order chi connectivity index (χ1) is 42.0. The third-order valence-corrected chi connectivity index (χ3v) is 28.6. The van der Waals surface area contributed by atoms with Gasteiger partial charge < -0.3 is 26.0 Å². The maximum Gasteiger partial charge on any atom is 0.306 e. The van der Waals surface area contributed by atoms with Crippen LogP contribution in [-0.4, -0.2) is 46.6 Å². The second kappa shape index (κ2) is 20.7. The summed E-state index contributed by atoms with van der Waals surface area (Å²) in [6.07, 6.45) is 40.7. The van der Waals surface area contributed by atoms with Crippen LogP contribution in [0.15, 0.2) is 132 Å². The molecule has 4 spiro atoms. The molecule has 3 aromatic rings. The van der Waals surface area contributed by atoms with Crippen LogP contribution in [0.1, 0.15) is 189 Å². The van der Waals surface area contributed by atoms with Gasteiger partial charge in [0.15, 0.2) is 0 Å². The summed E-state index contributed by atoms with van der Waals surface area (Å²) >= 11 is 0. The van der Waals surface area contributed by atoms with E-state index in [0.717, 1.165) is 83.1 Å². The lowest BCUT2D eigenvalue weighted by Gasteiger charge is -2.76. The minimum absolute atomic E-state index is 0.0540. The minimum atomic E-state index is -0.717. The van der Waals surface area contributed by atoms with E-state index < -0.39 is 29.5 Å². The first kappa shape index (κ1) is 57.0. The van der Waals surface area contributed by atoms with Crippen LogP contribution in [-0.2, 0) is 17.6 Å². The number of carboxylic acid groups (broad SMARTS) is 1. The Morgan fingerprint density at radius 3 is 2.46 bits per heavy atom. The highest BCUT2D eigenvalue weighted by Crippen LogP contribution is 2.88. The smallest absolute Gasteiger partial charge is 0.306 e. The largest absolute Gasteiger partial charge is 0.481 e. The Morgan fingerprint density at radius 1 is 0.805 bits per heavy atom. The van der Waals surface area contributed by atoms with Gasteiger partial charge in [0.2, 0.25) is 0 Å². The summed E-state index contributed by atoms with van der Waals surface area (Å²) in [4.78, 5) is 14.8. The van der Waals surface area contributed by atoms with Crippen LogP contribution < -0.4 is 21.1 Å². The number of carboxylic acids is 1. The number of dihydropyridines is 1. The summed E-state index contributed by atoms with van der Waals surface area (Å²) in [7, 11) is 0. The fraction of sp³-hybridized carbons (Fsp3) is 0.593. The molecule has 0 radical (unpaired) electrons. The Labute approximate surface area is 520 Å². The summed E-state index contributed by atoms with van der Waals surface area (Å²) < 4.78 is 0. The molecule has 5 N–H and O–H groups in total. The van der Waals surface area contributed by atoms with Crippen molar-refractivity contribution in [1.82, 2.24) is 10.6 Å². The average molecular weight is 1170 g/mol. The van der Waals surface area contributed by atoms with E-state index in [1.165, 1.54) is 138 Å². The molecule has 6 heterocycles. The van der Waals surface area contributed by atoms with Crippen molar-refractivity contribution in [2.24, 2.45) is 85.2 Å². The summed E-state index contributed by atoms with van der Waals surface area (Å²) in [6.45, 7) is 16.3. The molecule has 0 aromatic heterocycles. The molecule has 0 amide bonds. The summed E-state index contributed by atoms with van der Waals surface area (Å²) in [5.74, 6) is 1.54. The van der Waals surface area contributed by atoms with E-state index in [1.807, 2.05) is 0 Å². The van der Waals surface area contributed by atoms with Crippen LogP contribution in [0.3, 0.4) is 0 Å². The fourth-order valence-electron chi connectivity index (χ4n) is 25.7. The van der Waals surface area contributed by atoms with E-state index in [4.69, 9.17) is 6.58 Å². The molecular formula is C81H100N2O4. The molecule has 6 fully saturated rings. The SMILES string of the molecule is C=C1CC[C@@H](C(=O)O)[C@H]2[C@H](O)C[C@]34C5=C(C[C@H](CC[C@]36CC[C@]3(CC[C@H](Cc7cc(C)cc(C)c7)C3)C6)[C@]24C)[C@]23CC[C@H](O)[C@@]4(C)CC=C[C@@](C=C6C(=c7ccccc7=C[C@H]62)Cc2cccc(c2)C2=CC=C(NCCC[C@H]1C1CCCCC1)NC2)(C5)[C@@H]43. The van der Waals surface area contributed by atoms with E-state index in [2.05, 4.69) is 142 Å². The van der Waals surface area contributed by atoms with Gasteiger partial charge in [0, 0.05) is 46.6 Å². The maximum absolute atomic E-state index is 14.8. The van der Waals surface area contributed by atoms with Crippen LogP contribution >= 0.6 is 0 Å². The second-order valence-electron chi connectivity index (χ2n) is 32.6. The van der Waals surface area contributed by atoms with Gasteiger partial charge in [-0.1, -0.05) is 165 Å². The number of benzene rings is 3. The summed E-state index contributed by atoms with van der Waals surface area (Å²) in [6, 6.07) is 26.0. The molecule has 16 atom stereocenters. The van der Waals surface area contributed by atoms with Gasteiger partial charge in [0.25, 0.3) is 0 Å². The molecule has 6 nitrogen and oxygen atoms in total. The molecule has 6 aliphatic heterocycles. The maximum atomic E-state index is 14.8. The standard InChI is InChI=1S/C81H100N2O4/c1-50-36-51(2)38-55(37-50)39-54-25-30-77(44-54)33-34-79(49-77)31-26-60-43-67-68-46-78-29-13-28-75(4)70(85)27-32-80(67,74(75)78)66-42-58-17-9-10-19-62(58)64(65(66)45-78)41-53-14-11-18-57(40-53)59-22-24-71(83-48-59)82-35-12-20-61(56-15-7-6-8-16-56)52(3)21-23-63(73(86)87)72-69(84)47-81(68,79)76(60,72)5/h9-11,13-14,17-19,22,24,29,36-38,40,42,45,54,56,60-61,63,66,69-70,72,74,82-85H,3,6-8,12,15-16,20-21,23,25-28,30-35,39,41,43-44,46-49H2,1-2,4-5H3,(H,86,87)/t54-,60+,61-,63-,66-,69-,70+,72+,74-,75-,76-,77+,78-,79-,80+,81-/m1/s1. The van der Waals surface area contributed by atoms with Gasteiger partial charge in [0.05, 0.1) is 23.9 Å². The Balaban J connectivity index is 0.893. The predicted octanol–water partition coefficient (Wildman–Crippen LogP) is 15.3. The Kier molecular flexibility index (Phi) is 13.6. The number of aryl methyl sites for hydroxylation is 2. The molecule has 6 saturated carbocycles. The quantitative estimate of drug-likeness (QED) is 0.167. The fourth-order valence-corrected chi connectivity index (χ4v) is 25.7.